The minimum Gasteiger partial charge on any atom is -0.399 e. The van der Waals surface area contributed by atoms with Gasteiger partial charge in [0.05, 0.1) is 33.3 Å². The van der Waals surface area contributed by atoms with Crippen molar-refractivity contribution in [1.29, 1.82) is 0 Å². The summed E-state index contributed by atoms with van der Waals surface area (Å²) in [5.74, 6) is -1.29. The van der Waals surface area contributed by atoms with Crippen molar-refractivity contribution in [2.75, 3.05) is 18.6 Å². The highest BCUT2D eigenvalue weighted by Crippen LogP contribution is 2.36. The molecule has 2 heterocycles. The first-order chi connectivity index (χ1) is 15.1. The van der Waals surface area contributed by atoms with Crippen LogP contribution in [-0.2, 0) is 31.3 Å². The fraction of sp³-hybridized carbons (Fsp3) is 0.421. The van der Waals surface area contributed by atoms with Gasteiger partial charge >= 0.3 is 10.1 Å². The van der Waals surface area contributed by atoms with E-state index in [9.17, 15) is 21.6 Å². The maximum absolute atomic E-state index is 13.3. The smallest absolute Gasteiger partial charge is 0.310 e. The Balaban J connectivity index is 2.15. The first kappa shape index (κ1) is 24.2. The van der Waals surface area contributed by atoms with E-state index in [4.69, 9.17) is 20.6 Å². The number of nitrogens with zero attached hydrogens (tertiary/aromatic N) is 3. The first-order valence-electron chi connectivity index (χ1n) is 9.74. The third-order valence-electron chi connectivity index (χ3n) is 4.78. The molecule has 0 atom stereocenters. The van der Waals surface area contributed by atoms with E-state index in [0.29, 0.717) is 12.1 Å². The van der Waals surface area contributed by atoms with E-state index in [1.54, 1.807) is 13.8 Å². The fourth-order valence-corrected chi connectivity index (χ4v) is 6.23. The molecule has 0 N–H and O–H groups in total. The maximum Gasteiger partial charge on any atom is 0.310 e. The van der Waals surface area contributed by atoms with Crippen molar-refractivity contribution in [3.8, 4) is 5.88 Å². The molecule has 1 aliphatic rings. The topological polar surface area (TPSA) is 134 Å². The second-order valence-corrected chi connectivity index (χ2v) is 11.1. The standard InChI is InChI=1S/C19H22ClN3O7S2/c1-4-9-32(27,28)30-19-13(11-21-23(19)5-2)18(24)12-6-7-15-16(17(12)20)14(22-29-3)8-10-31(15,25)26/h6-7,11H,4-5,8-10H2,1-3H3. The van der Waals surface area contributed by atoms with Gasteiger partial charge in [-0.3, -0.25) is 4.79 Å². The lowest BCUT2D eigenvalue weighted by Gasteiger charge is -2.20. The summed E-state index contributed by atoms with van der Waals surface area (Å²) in [7, 11) is -6.24. The van der Waals surface area contributed by atoms with E-state index >= 15 is 0 Å². The zero-order valence-electron chi connectivity index (χ0n) is 17.7. The van der Waals surface area contributed by atoms with Crippen molar-refractivity contribution in [3.63, 3.8) is 0 Å². The lowest BCUT2D eigenvalue weighted by atomic mass is 9.99. The Morgan fingerprint density at radius 3 is 2.62 bits per heavy atom. The molecule has 174 valence electrons. The normalized spacial score (nSPS) is 16.6. The Bertz CT molecular complexity index is 1300. The minimum absolute atomic E-state index is 0.0419. The van der Waals surface area contributed by atoms with E-state index in [0.717, 1.165) is 0 Å². The molecule has 0 aliphatic carbocycles. The minimum atomic E-state index is -3.94. The summed E-state index contributed by atoms with van der Waals surface area (Å²) in [4.78, 5) is 18.1. The van der Waals surface area contributed by atoms with E-state index in [1.165, 1.54) is 30.1 Å². The number of rotatable bonds is 8. The number of aromatic nitrogens is 2. The van der Waals surface area contributed by atoms with Crippen LogP contribution in [0.15, 0.2) is 28.4 Å². The Morgan fingerprint density at radius 2 is 2.00 bits per heavy atom. The lowest BCUT2D eigenvalue weighted by Crippen LogP contribution is -2.24. The van der Waals surface area contributed by atoms with E-state index in [1.807, 2.05) is 0 Å². The van der Waals surface area contributed by atoms with Gasteiger partial charge in [-0.2, -0.15) is 13.5 Å². The number of fused-ring (bicyclic) bond motifs is 1. The molecule has 13 heteroatoms. The third kappa shape index (κ3) is 4.52. The predicted molar refractivity (Wildman–Crippen MR) is 118 cm³/mol. The SMILES string of the molecule is CCCS(=O)(=O)Oc1c(C(=O)c2ccc3c(c2Cl)C(=NOC)CCS3(=O)=O)cnn1CC. The zero-order valence-corrected chi connectivity index (χ0v) is 20.1. The van der Waals surface area contributed by atoms with Crippen LogP contribution in [0, 0.1) is 0 Å². The highest BCUT2D eigenvalue weighted by molar-refractivity contribution is 7.91. The van der Waals surface area contributed by atoms with Crippen LogP contribution < -0.4 is 4.18 Å². The molecule has 0 bridgehead atoms. The van der Waals surface area contributed by atoms with Crippen LogP contribution in [0.3, 0.4) is 0 Å². The van der Waals surface area contributed by atoms with Crippen LogP contribution in [0.1, 0.15) is 48.2 Å². The average molecular weight is 504 g/mol. The molecule has 0 fully saturated rings. The predicted octanol–water partition coefficient (Wildman–Crippen LogP) is 2.43. The van der Waals surface area contributed by atoms with Gasteiger partial charge < -0.3 is 9.02 Å². The van der Waals surface area contributed by atoms with E-state index in [2.05, 4.69) is 10.3 Å². The van der Waals surface area contributed by atoms with Crippen LogP contribution in [0.5, 0.6) is 5.88 Å². The number of benzene rings is 1. The van der Waals surface area contributed by atoms with Crippen LogP contribution in [0.2, 0.25) is 5.02 Å². The molecule has 1 aliphatic heterocycles. The van der Waals surface area contributed by atoms with Crippen LogP contribution in [0.25, 0.3) is 0 Å². The number of oxime groups is 1. The van der Waals surface area contributed by atoms with Crippen LogP contribution >= 0.6 is 11.6 Å². The molecule has 3 rings (SSSR count). The van der Waals surface area contributed by atoms with Gasteiger partial charge in [-0.1, -0.05) is 23.7 Å². The number of aryl methyl sites for hydroxylation is 1. The number of carbonyl (C=O) groups excluding carboxylic acids is 1. The molecule has 10 nitrogen and oxygen atoms in total. The summed E-state index contributed by atoms with van der Waals surface area (Å²) in [6.45, 7) is 3.65. The Morgan fingerprint density at radius 1 is 1.28 bits per heavy atom. The summed E-state index contributed by atoms with van der Waals surface area (Å²) in [5.41, 5.74) is 0.231. The second-order valence-electron chi connectivity index (χ2n) is 6.94. The molecule has 0 amide bonds. The van der Waals surface area contributed by atoms with Gasteiger partial charge in [0.25, 0.3) is 0 Å². The van der Waals surface area contributed by atoms with Gasteiger partial charge in [0.1, 0.15) is 12.7 Å². The van der Waals surface area contributed by atoms with Crippen LogP contribution in [0.4, 0.5) is 0 Å². The van der Waals surface area contributed by atoms with Gasteiger partial charge in [0.15, 0.2) is 9.84 Å². The molecular formula is C19H22ClN3O7S2. The molecule has 0 radical (unpaired) electrons. The average Bonchev–Trinajstić information content (AvgIpc) is 3.11. The number of ketones is 1. The largest absolute Gasteiger partial charge is 0.399 e. The number of hydrogen-bond acceptors (Lipinski definition) is 9. The highest BCUT2D eigenvalue weighted by atomic mass is 35.5. The molecule has 0 saturated carbocycles. The lowest BCUT2D eigenvalue weighted by molar-refractivity contribution is 0.103. The van der Waals surface area contributed by atoms with Gasteiger partial charge in [0, 0.05) is 24.1 Å². The Hall–Kier alpha value is -2.44. The van der Waals surface area contributed by atoms with Gasteiger partial charge in [-0.15, -0.1) is 0 Å². The number of carbonyl (C=O) groups is 1. The van der Waals surface area contributed by atoms with Gasteiger partial charge in [0.2, 0.25) is 11.7 Å². The quantitative estimate of drug-likeness (QED) is 0.304. The van der Waals surface area contributed by atoms with Crippen molar-refractivity contribution in [3.05, 3.63) is 40.0 Å². The van der Waals surface area contributed by atoms with Crippen molar-refractivity contribution >= 4 is 43.1 Å². The first-order valence-corrected chi connectivity index (χ1v) is 13.3. The third-order valence-corrected chi connectivity index (χ3v) is 8.24. The van der Waals surface area contributed by atoms with Crippen molar-refractivity contribution in [2.45, 2.75) is 38.1 Å². The van der Waals surface area contributed by atoms with Crippen molar-refractivity contribution in [1.82, 2.24) is 9.78 Å². The summed E-state index contributed by atoms with van der Waals surface area (Å²) >= 11 is 6.50. The highest BCUT2D eigenvalue weighted by Gasteiger charge is 2.34. The Labute approximate surface area is 191 Å². The van der Waals surface area contributed by atoms with E-state index in [-0.39, 0.29) is 57.0 Å². The zero-order chi connectivity index (χ0) is 23.7. The summed E-state index contributed by atoms with van der Waals surface area (Å²) < 4.78 is 55.9. The maximum atomic E-state index is 13.3. The van der Waals surface area contributed by atoms with Gasteiger partial charge in [-0.05, 0) is 25.5 Å². The molecule has 0 spiro atoms. The number of hydrogen-bond donors (Lipinski definition) is 0. The number of halogens is 1. The van der Waals surface area contributed by atoms with Crippen molar-refractivity contribution in [2.24, 2.45) is 5.16 Å². The molecule has 2 aromatic rings. The monoisotopic (exact) mass is 503 g/mol. The number of sulfone groups is 1. The molecule has 1 aromatic carbocycles. The van der Waals surface area contributed by atoms with E-state index < -0.39 is 25.7 Å². The summed E-state index contributed by atoms with van der Waals surface area (Å²) in [5, 5.41) is 7.77. The Kier molecular flexibility index (Phi) is 6.96. The van der Waals surface area contributed by atoms with Crippen molar-refractivity contribution < 1.29 is 30.7 Å². The molecule has 32 heavy (non-hydrogen) atoms. The summed E-state index contributed by atoms with van der Waals surface area (Å²) in [6.07, 6.45) is 1.59. The molecule has 1 aromatic heterocycles. The second kappa shape index (κ2) is 9.20. The molecular weight excluding hydrogens is 482 g/mol. The van der Waals surface area contributed by atoms with Crippen LogP contribution in [-0.4, -0.2) is 56.7 Å². The fourth-order valence-electron chi connectivity index (χ4n) is 3.33. The summed E-state index contributed by atoms with van der Waals surface area (Å²) in [6, 6.07) is 2.57. The molecule has 0 unspecified atom stereocenters. The molecule has 0 saturated heterocycles. The van der Waals surface area contributed by atoms with Gasteiger partial charge in [-0.25, -0.2) is 13.1 Å².